The number of nitrogens with zero attached hydrogens (tertiary/aromatic N) is 5. The minimum atomic E-state index is -2.03. The predicted molar refractivity (Wildman–Crippen MR) is 57.2 cm³/mol. The third kappa shape index (κ3) is 2.39. The second kappa shape index (κ2) is 5.31. The number of H-pyrrole nitrogens is 1. The van der Waals surface area contributed by atoms with E-state index in [0.29, 0.717) is 6.07 Å². The standard InChI is InChI=1S/C9H3F4N7/c1-14-8(15-16-9-17-19-20-18-9)3-2-4(10)6(12)7(13)5(3)11/h2H,(H2,16,17,18,19,20)/b15-8-. The number of hydrogen-bond acceptors (Lipinski definition) is 5. The lowest BCUT2D eigenvalue weighted by Crippen LogP contribution is -2.08. The Morgan fingerprint density at radius 2 is 2.00 bits per heavy atom. The Morgan fingerprint density at radius 3 is 2.60 bits per heavy atom. The van der Waals surface area contributed by atoms with Gasteiger partial charge in [-0.2, -0.15) is 10.6 Å². The molecule has 0 amide bonds. The quantitative estimate of drug-likeness (QED) is 0.170. The number of amidine groups is 1. The van der Waals surface area contributed by atoms with Gasteiger partial charge < -0.3 is 4.85 Å². The molecule has 0 aliphatic heterocycles. The molecule has 1 aromatic heterocycles. The fraction of sp³-hybridized carbons (Fsp3) is 0. The first kappa shape index (κ1) is 13.4. The van der Waals surface area contributed by atoms with Crippen LogP contribution in [0.1, 0.15) is 5.56 Å². The van der Waals surface area contributed by atoms with Crippen molar-refractivity contribution in [2.75, 3.05) is 5.43 Å². The summed E-state index contributed by atoms with van der Waals surface area (Å²) in [7, 11) is 0. The topological polar surface area (TPSA) is 83.2 Å². The van der Waals surface area contributed by atoms with Crippen LogP contribution in [-0.4, -0.2) is 26.5 Å². The van der Waals surface area contributed by atoms with E-state index in [4.69, 9.17) is 6.57 Å². The zero-order valence-electron chi connectivity index (χ0n) is 9.33. The zero-order chi connectivity index (χ0) is 14.7. The molecule has 0 radical (unpaired) electrons. The second-order valence-electron chi connectivity index (χ2n) is 3.24. The van der Waals surface area contributed by atoms with E-state index >= 15 is 0 Å². The summed E-state index contributed by atoms with van der Waals surface area (Å²) < 4.78 is 52.3. The monoisotopic (exact) mass is 285 g/mol. The van der Waals surface area contributed by atoms with Crippen molar-refractivity contribution in [2.24, 2.45) is 5.10 Å². The average Bonchev–Trinajstić information content (AvgIpc) is 2.95. The predicted octanol–water partition coefficient (Wildman–Crippen LogP) is 1.45. The van der Waals surface area contributed by atoms with Gasteiger partial charge in [-0.3, -0.25) is 0 Å². The summed E-state index contributed by atoms with van der Waals surface area (Å²) in [6, 6.07) is 0.322. The highest BCUT2D eigenvalue weighted by molar-refractivity contribution is 6.06. The van der Waals surface area contributed by atoms with Crippen LogP contribution >= 0.6 is 0 Å². The Hall–Kier alpha value is -3.03. The van der Waals surface area contributed by atoms with E-state index in [1.54, 1.807) is 0 Å². The molecule has 7 nitrogen and oxygen atoms in total. The van der Waals surface area contributed by atoms with Crippen molar-refractivity contribution in [2.45, 2.75) is 0 Å². The molecule has 2 aromatic rings. The van der Waals surface area contributed by atoms with Crippen molar-refractivity contribution in [3.05, 3.63) is 46.3 Å². The van der Waals surface area contributed by atoms with Gasteiger partial charge in [0, 0.05) is 5.56 Å². The maximum atomic E-state index is 13.5. The maximum Gasteiger partial charge on any atom is 0.304 e. The molecule has 0 saturated carbocycles. The molecule has 102 valence electrons. The van der Waals surface area contributed by atoms with Crippen molar-refractivity contribution >= 4 is 11.8 Å². The molecule has 0 aliphatic rings. The summed E-state index contributed by atoms with van der Waals surface area (Å²) in [5, 5.41) is 15.4. The van der Waals surface area contributed by atoms with Gasteiger partial charge in [-0.25, -0.2) is 17.6 Å². The first-order valence-electron chi connectivity index (χ1n) is 4.82. The van der Waals surface area contributed by atoms with Crippen LogP contribution in [0, 0.1) is 29.8 Å². The number of benzene rings is 1. The highest BCUT2D eigenvalue weighted by Gasteiger charge is 2.22. The number of aromatic nitrogens is 4. The maximum absolute atomic E-state index is 13.5. The molecule has 11 heteroatoms. The van der Waals surface area contributed by atoms with Crippen LogP contribution in [-0.2, 0) is 0 Å². The van der Waals surface area contributed by atoms with Crippen LogP contribution in [0.2, 0.25) is 0 Å². The van der Waals surface area contributed by atoms with E-state index in [9.17, 15) is 17.6 Å². The van der Waals surface area contributed by atoms with E-state index in [1.807, 2.05) is 0 Å². The highest BCUT2D eigenvalue weighted by Crippen LogP contribution is 2.19. The van der Waals surface area contributed by atoms with Crippen molar-refractivity contribution in [1.82, 2.24) is 20.6 Å². The van der Waals surface area contributed by atoms with Crippen LogP contribution in [0.25, 0.3) is 4.85 Å². The first-order valence-corrected chi connectivity index (χ1v) is 4.82. The normalized spacial score (nSPS) is 11.2. The molecule has 0 saturated heterocycles. The van der Waals surface area contributed by atoms with E-state index in [2.05, 4.69) is 36.0 Å². The molecule has 0 bridgehead atoms. The van der Waals surface area contributed by atoms with Crippen LogP contribution in [0.15, 0.2) is 11.2 Å². The average molecular weight is 285 g/mol. The van der Waals surface area contributed by atoms with Gasteiger partial charge in [0.15, 0.2) is 23.3 Å². The molecule has 0 atom stereocenters. The molecule has 1 heterocycles. The third-order valence-corrected chi connectivity index (χ3v) is 2.06. The number of anilines is 1. The van der Waals surface area contributed by atoms with Crippen molar-refractivity contribution in [3.63, 3.8) is 0 Å². The first-order chi connectivity index (χ1) is 9.54. The number of hydrazone groups is 1. The summed E-state index contributed by atoms with van der Waals surface area (Å²) in [6.07, 6.45) is 0. The van der Waals surface area contributed by atoms with E-state index < -0.39 is 34.7 Å². The molecule has 0 fully saturated rings. The van der Waals surface area contributed by atoms with Gasteiger partial charge in [0.05, 0.1) is 0 Å². The Kier molecular flexibility index (Phi) is 3.56. The lowest BCUT2D eigenvalue weighted by molar-refractivity contribution is 0.408. The number of halogens is 4. The van der Waals surface area contributed by atoms with Gasteiger partial charge in [0.2, 0.25) is 0 Å². The Labute approximate surface area is 108 Å². The molecular formula is C9H3F4N7. The van der Waals surface area contributed by atoms with Gasteiger partial charge in [0.1, 0.15) is 0 Å². The molecule has 0 unspecified atom stereocenters. The molecule has 0 aliphatic carbocycles. The minimum absolute atomic E-state index is 0.158. The van der Waals surface area contributed by atoms with Crippen LogP contribution in [0.3, 0.4) is 0 Å². The van der Waals surface area contributed by atoms with Gasteiger partial charge in [-0.1, -0.05) is 11.7 Å². The van der Waals surface area contributed by atoms with Crippen LogP contribution in [0.5, 0.6) is 0 Å². The lowest BCUT2D eigenvalue weighted by atomic mass is 10.1. The Bertz CT molecular complexity index is 704. The molecule has 1 aromatic carbocycles. The molecule has 20 heavy (non-hydrogen) atoms. The van der Waals surface area contributed by atoms with E-state index in [0.717, 1.165) is 0 Å². The summed E-state index contributed by atoms with van der Waals surface area (Å²) >= 11 is 0. The van der Waals surface area contributed by atoms with Crippen molar-refractivity contribution in [1.29, 1.82) is 0 Å². The number of hydrogen-bond donors (Lipinski definition) is 2. The van der Waals surface area contributed by atoms with Crippen LogP contribution < -0.4 is 5.43 Å². The van der Waals surface area contributed by atoms with Crippen molar-refractivity contribution in [3.8, 4) is 0 Å². The number of nitrogens with one attached hydrogen (secondary N) is 2. The highest BCUT2D eigenvalue weighted by atomic mass is 19.2. The Balaban J connectivity index is 2.43. The summed E-state index contributed by atoms with van der Waals surface area (Å²) in [4.78, 5) is 2.79. The summed E-state index contributed by atoms with van der Waals surface area (Å²) in [5.41, 5.74) is 1.27. The SMILES string of the molecule is [C-]#[N+]/C(=N\Nc1nn[nH]n1)c1cc(F)c(F)c(F)c1F. The summed E-state index contributed by atoms with van der Waals surface area (Å²) in [6.45, 7) is 6.80. The van der Waals surface area contributed by atoms with Gasteiger partial charge in [-0.05, 0) is 16.4 Å². The number of tetrazole rings is 1. The van der Waals surface area contributed by atoms with Crippen LogP contribution in [0.4, 0.5) is 23.5 Å². The lowest BCUT2D eigenvalue weighted by Gasteiger charge is -2.03. The van der Waals surface area contributed by atoms with Gasteiger partial charge >= 0.3 is 5.84 Å². The fourth-order valence-electron chi connectivity index (χ4n) is 1.19. The van der Waals surface area contributed by atoms with Crippen molar-refractivity contribution < 1.29 is 17.6 Å². The summed E-state index contributed by atoms with van der Waals surface area (Å²) in [5.74, 6) is -8.28. The Morgan fingerprint density at radius 1 is 1.25 bits per heavy atom. The number of aromatic amines is 1. The van der Waals surface area contributed by atoms with Gasteiger partial charge in [-0.15, -0.1) is 5.10 Å². The smallest absolute Gasteiger partial charge is 0.304 e. The molecule has 0 spiro atoms. The van der Waals surface area contributed by atoms with E-state index in [1.165, 1.54) is 0 Å². The molecular weight excluding hydrogens is 282 g/mol. The molecule has 2 rings (SSSR count). The fourth-order valence-corrected chi connectivity index (χ4v) is 1.19. The second-order valence-corrected chi connectivity index (χ2v) is 3.24. The molecule has 2 N–H and O–H groups in total. The zero-order valence-corrected chi connectivity index (χ0v) is 9.33. The van der Waals surface area contributed by atoms with E-state index in [-0.39, 0.29) is 5.95 Å². The third-order valence-electron chi connectivity index (χ3n) is 2.06. The largest absolute Gasteiger partial charge is 0.358 e. The number of rotatable bonds is 3. The minimum Gasteiger partial charge on any atom is -0.358 e. The van der Waals surface area contributed by atoms with Gasteiger partial charge in [0.25, 0.3) is 5.95 Å².